The molecule has 0 atom stereocenters. The zero-order valence-electron chi connectivity index (χ0n) is 51.0. The quantitative estimate of drug-likeness (QED) is 0.0269. The van der Waals surface area contributed by atoms with Gasteiger partial charge in [0.25, 0.3) is 0 Å². The molecule has 0 unspecified atom stereocenters. The van der Waals surface area contributed by atoms with Crippen LogP contribution in [0.25, 0.3) is 83.3 Å². The van der Waals surface area contributed by atoms with E-state index in [-0.39, 0.29) is 37.2 Å². The number of anilines is 4. The number of nitrogens with zero attached hydrogens (tertiary/aromatic N) is 6. The van der Waals surface area contributed by atoms with E-state index in [0.29, 0.717) is 0 Å². The molecule has 3 heterocycles. The first-order valence-corrected chi connectivity index (χ1v) is 30.5. The molecule has 0 fully saturated rings. The summed E-state index contributed by atoms with van der Waals surface area (Å²) < 4.78 is 7.05. The van der Waals surface area contributed by atoms with Crippen LogP contribution in [0.3, 0.4) is 0 Å². The third-order valence-corrected chi connectivity index (χ3v) is 17.3. The molecule has 6 N–H and O–H groups in total. The average Bonchev–Trinajstić information content (AvgIpc) is 0.849. The van der Waals surface area contributed by atoms with Gasteiger partial charge in [0.1, 0.15) is 33.1 Å². The smallest absolute Gasteiger partial charge is 0.239 e. The summed E-state index contributed by atoms with van der Waals surface area (Å²) in [5.74, 6) is 0. The number of benzene rings is 9. The van der Waals surface area contributed by atoms with Gasteiger partial charge >= 0.3 is 0 Å². The Bertz CT molecular complexity index is 4170. The number of unbranched alkanes of at least 4 members (excludes halogenated alkanes) is 8. The van der Waals surface area contributed by atoms with Crippen LogP contribution >= 0.6 is 0 Å². The van der Waals surface area contributed by atoms with Crippen molar-refractivity contribution in [2.24, 2.45) is 0 Å². The number of para-hydroxylation sites is 3. The summed E-state index contributed by atoms with van der Waals surface area (Å²) in [6.07, 6.45) is 13.8. The zero-order valence-corrected chi connectivity index (χ0v) is 53.2. The fourth-order valence-corrected chi connectivity index (χ4v) is 12.5. The Labute approximate surface area is 530 Å². The Hall–Kier alpha value is -8.15. The SMILES string of the molecule is Cc1cc2nc3cc(C)c(NCCCCCCCc4cc5c(cc4C)nc4cc(C)c(CCCCCCCNc6cc7c(cc6C)nc6cc(C)c(N)cc6[n+]7-c6ccccc6)cc4[n+]5-c4ccccc4)cc3[n+](-c3ccccc3)c2cc1N.[Cl-].[Cl-].[Cl-]. The molecule has 10 nitrogen and oxygen atoms in total. The van der Waals surface area contributed by atoms with Crippen molar-refractivity contribution in [1.82, 2.24) is 15.0 Å². The topological polar surface area (TPSA) is 126 Å². The molecule has 87 heavy (non-hydrogen) atoms. The van der Waals surface area contributed by atoms with E-state index in [0.717, 1.165) is 152 Å². The van der Waals surface area contributed by atoms with E-state index in [2.05, 4.69) is 216 Å². The fourth-order valence-electron chi connectivity index (χ4n) is 12.5. The van der Waals surface area contributed by atoms with Gasteiger partial charge in [-0.05, 0) is 161 Å². The second-order valence-electron chi connectivity index (χ2n) is 23.5. The monoisotopic (exact) mass is 1210 g/mol. The third kappa shape index (κ3) is 13.5. The molecule has 12 aromatic rings. The van der Waals surface area contributed by atoms with Gasteiger partial charge in [-0.25, -0.2) is 15.0 Å². The van der Waals surface area contributed by atoms with Crippen LogP contribution in [0.15, 0.2) is 164 Å². The summed E-state index contributed by atoms with van der Waals surface area (Å²) in [4.78, 5) is 15.6. The first kappa shape index (κ1) is 63.4. The number of nitrogens with two attached hydrogens (primary N) is 2. The van der Waals surface area contributed by atoms with Crippen molar-refractivity contribution in [3.63, 3.8) is 0 Å². The van der Waals surface area contributed by atoms with Crippen molar-refractivity contribution in [3.05, 3.63) is 208 Å². The van der Waals surface area contributed by atoms with Gasteiger partial charge in [-0.1, -0.05) is 93.1 Å². The van der Waals surface area contributed by atoms with Crippen molar-refractivity contribution in [3.8, 4) is 17.1 Å². The van der Waals surface area contributed by atoms with Crippen molar-refractivity contribution in [2.75, 3.05) is 35.2 Å². The highest BCUT2D eigenvalue weighted by Gasteiger charge is 2.26. The highest BCUT2D eigenvalue weighted by molar-refractivity contribution is 5.89. The van der Waals surface area contributed by atoms with Gasteiger partial charge in [-0.15, -0.1) is 13.7 Å². The number of rotatable bonds is 21. The lowest BCUT2D eigenvalue weighted by Gasteiger charge is -2.13. The molecule has 13 heteroatoms. The van der Waals surface area contributed by atoms with Crippen LogP contribution in [-0.2, 0) is 12.8 Å². The second-order valence-corrected chi connectivity index (χ2v) is 23.5. The van der Waals surface area contributed by atoms with Crippen molar-refractivity contribution >= 4 is 88.9 Å². The predicted molar refractivity (Wildman–Crippen MR) is 350 cm³/mol. The van der Waals surface area contributed by atoms with Gasteiger partial charge in [0.05, 0.1) is 0 Å². The van der Waals surface area contributed by atoms with E-state index in [1.165, 1.54) is 88.6 Å². The summed E-state index contributed by atoms with van der Waals surface area (Å²) >= 11 is 0. The minimum atomic E-state index is 0. The van der Waals surface area contributed by atoms with E-state index in [4.69, 9.17) is 26.4 Å². The van der Waals surface area contributed by atoms with Crippen molar-refractivity contribution in [2.45, 2.75) is 119 Å². The van der Waals surface area contributed by atoms with Gasteiger partial charge in [0.15, 0.2) is 0 Å². The van der Waals surface area contributed by atoms with Crippen molar-refractivity contribution in [1.29, 1.82) is 0 Å². The first-order valence-electron chi connectivity index (χ1n) is 30.5. The van der Waals surface area contributed by atoms with E-state index in [1.807, 2.05) is 13.8 Å². The summed E-state index contributed by atoms with van der Waals surface area (Å²) in [5.41, 5.74) is 42.4. The number of hydrogen-bond acceptors (Lipinski definition) is 7. The van der Waals surface area contributed by atoms with Crippen LogP contribution in [0.1, 0.15) is 109 Å². The molecule has 0 radical (unpaired) electrons. The molecule has 0 bridgehead atoms. The molecule has 3 aromatic heterocycles. The molecule has 0 aliphatic carbocycles. The molecule has 0 aliphatic rings. The van der Waals surface area contributed by atoms with E-state index >= 15 is 0 Å². The summed E-state index contributed by atoms with van der Waals surface area (Å²) in [6, 6.07) is 58.7. The Morgan fingerprint density at radius 3 is 0.931 bits per heavy atom. The summed E-state index contributed by atoms with van der Waals surface area (Å²) in [5, 5.41) is 7.58. The van der Waals surface area contributed by atoms with E-state index in [9.17, 15) is 0 Å². The second kappa shape index (κ2) is 28.1. The molecule has 0 amide bonds. The van der Waals surface area contributed by atoms with Gasteiger partial charge in [-0.3, -0.25) is 0 Å². The number of nitrogen functional groups attached to an aromatic ring is 2. The van der Waals surface area contributed by atoms with Crippen LogP contribution < -0.4 is 73.0 Å². The lowest BCUT2D eigenvalue weighted by Crippen LogP contribution is -3.00. The lowest BCUT2D eigenvalue weighted by atomic mass is 9.98. The minimum absolute atomic E-state index is 0. The van der Waals surface area contributed by atoms with Gasteiger partial charge in [-0.2, -0.15) is 0 Å². The first-order chi connectivity index (χ1) is 40.9. The van der Waals surface area contributed by atoms with Gasteiger partial charge in [0, 0.05) is 109 Å². The highest BCUT2D eigenvalue weighted by atomic mass is 35.5. The molecule has 0 aliphatic heterocycles. The normalized spacial score (nSPS) is 11.3. The Morgan fingerprint density at radius 2 is 0.586 bits per heavy atom. The molecule has 0 saturated carbocycles. The maximum Gasteiger partial charge on any atom is 0.239 e. The zero-order chi connectivity index (χ0) is 57.8. The van der Waals surface area contributed by atoms with Crippen LogP contribution in [0.4, 0.5) is 22.7 Å². The number of halogens is 3. The molecule has 0 saturated heterocycles. The molecule has 12 rings (SSSR count). The number of aryl methyl sites for hydroxylation is 8. The van der Waals surface area contributed by atoms with Crippen molar-refractivity contribution < 1.29 is 50.9 Å². The van der Waals surface area contributed by atoms with Gasteiger partial charge in [0.2, 0.25) is 50.2 Å². The predicted octanol–water partition coefficient (Wildman–Crippen LogP) is 6.86. The molecular formula is C74H79Cl3N10. The molecule has 0 spiro atoms. The average molecular weight is 1210 g/mol. The maximum atomic E-state index is 6.46. The number of hydrogen-bond donors (Lipinski definition) is 4. The molecule has 446 valence electrons. The van der Waals surface area contributed by atoms with E-state index in [1.54, 1.807) is 0 Å². The van der Waals surface area contributed by atoms with Crippen LogP contribution in [-0.4, -0.2) is 28.0 Å². The molecular weight excluding hydrogens is 1140 g/mol. The third-order valence-electron chi connectivity index (χ3n) is 17.3. The molecule has 9 aromatic carbocycles. The largest absolute Gasteiger partial charge is 1.00 e. The number of aromatic nitrogens is 6. The van der Waals surface area contributed by atoms with Crippen LogP contribution in [0, 0.1) is 41.5 Å². The summed E-state index contributed by atoms with van der Waals surface area (Å²) in [6.45, 7) is 14.8. The van der Waals surface area contributed by atoms with Crippen LogP contribution in [0.5, 0.6) is 0 Å². The van der Waals surface area contributed by atoms with Gasteiger partial charge < -0.3 is 59.3 Å². The minimum Gasteiger partial charge on any atom is -1.00 e. The van der Waals surface area contributed by atoms with E-state index < -0.39 is 0 Å². The standard InChI is InChI=1S/C74H77N10.3ClH/c1-48-36-63-69(42-54(48)26-16-9-7-11-24-34-77-61-46-73-67(40-52(61)5)80-65-38-50(3)59(75)44-71(65)83(73)57-30-20-14-21-31-57)82(56-28-18-13-19-29-56)70-43-55(49(2)37-64(70)79-63)27-17-10-8-12-25-35-78-62-47-74-68(41-53(62)6)81-66-39-51(4)60(76)45-72(66)84(74)58-32-22-15-23-33-58;;;/h13-15,18-23,28-33,36-47H,7-12,16-17,24-27,34-35H2,1-6H3,(H4,75,76,77,78);3*1H/q+1;;;/p-1. The number of nitrogens with one attached hydrogen (secondary N) is 2. The number of fused-ring (bicyclic) bond motifs is 6. The Morgan fingerprint density at radius 1 is 0.310 bits per heavy atom. The lowest BCUT2D eigenvalue weighted by molar-refractivity contribution is -0.538. The highest BCUT2D eigenvalue weighted by Crippen LogP contribution is 2.30. The maximum absolute atomic E-state index is 6.46. The Kier molecular flexibility index (Phi) is 20.5. The summed E-state index contributed by atoms with van der Waals surface area (Å²) in [7, 11) is 0. The fraction of sp³-hybridized carbons (Fsp3) is 0.270. The Balaban J connectivity index is 0.00000301. The van der Waals surface area contributed by atoms with Crippen LogP contribution in [0.2, 0.25) is 0 Å².